The van der Waals surface area contributed by atoms with Gasteiger partial charge in [-0.25, -0.2) is 4.98 Å². The maximum Gasteiger partial charge on any atom is 0.0922 e. The van der Waals surface area contributed by atoms with Gasteiger partial charge in [0.2, 0.25) is 0 Å². The Bertz CT molecular complexity index is 310. The normalized spacial score (nSPS) is 23.8. The van der Waals surface area contributed by atoms with E-state index >= 15 is 0 Å². The quantitative estimate of drug-likeness (QED) is 0.799. The number of aromatic amines is 1. The third-order valence-electron chi connectivity index (χ3n) is 3.73. The first kappa shape index (κ1) is 10.3. The number of nitrogens with one attached hydrogen (secondary N) is 2. The molecule has 1 aliphatic heterocycles. The minimum atomic E-state index is 0.693. The lowest BCUT2D eigenvalue weighted by Gasteiger charge is -2.32. The van der Waals surface area contributed by atoms with E-state index in [1.807, 2.05) is 6.20 Å². The largest absolute Gasteiger partial charge is 0.347 e. The van der Waals surface area contributed by atoms with Crippen LogP contribution in [0, 0.1) is 0 Å². The highest BCUT2D eigenvalue weighted by Gasteiger charge is 2.31. The number of hydrogen-bond acceptors (Lipinski definition) is 3. The predicted octanol–water partition coefficient (Wildman–Crippen LogP) is 1.13. The Kier molecular flexibility index (Phi) is 2.93. The molecule has 0 radical (unpaired) electrons. The molecule has 3 rings (SSSR count). The first-order valence-electron chi connectivity index (χ1n) is 6.36. The lowest BCUT2D eigenvalue weighted by atomic mass is 10.0. The Balaban J connectivity index is 1.40. The van der Waals surface area contributed by atoms with E-state index < -0.39 is 0 Å². The molecule has 16 heavy (non-hydrogen) atoms. The number of likely N-dealkylation sites (tertiary alicyclic amines) is 1. The van der Waals surface area contributed by atoms with Crippen molar-refractivity contribution in [2.45, 2.75) is 44.3 Å². The summed E-state index contributed by atoms with van der Waals surface area (Å²) in [6.07, 6.45) is 9.10. The van der Waals surface area contributed by atoms with Gasteiger partial charge < -0.3 is 15.2 Å². The monoisotopic (exact) mass is 220 g/mol. The van der Waals surface area contributed by atoms with Crippen LogP contribution in [-0.2, 0) is 6.54 Å². The highest BCUT2D eigenvalue weighted by molar-refractivity contribution is 4.95. The van der Waals surface area contributed by atoms with E-state index in [0.29, 0.717) is 6.04 Å². The molecule has 2 heterocycles. The first-order chi connectivity index (χ1) is 7.92. The summed E-state index contributed by atoms with van der Waals surface area (Å²) in [5, 5.41) is 3.61. The summed E-state index contributed by atoms with van der Waals surface area (Å²) < 4.78 is 0. The molecular formula is C12H20N4. The van der Waals surface area contributed by atoms with Gasteiger partial charge in [-0.3, -0.25) is 0 Å². The Morgan fingerprint density at radius 2 is 2.12 bits per heavy atom. The summed E-state index contributed by atoms with van der Waals surface area (Å²) in [5.41, 5.74) is 1.18. The van der Waals surface area contributed by atoms with E-state index in [1.165, 1.54) is 44.5 Å². The van der Waals surface area contributed by atoms with Crippen molar-refractivity contribution in [2.24, 2.45) is 0 Å². The first-order valence-corrected chi connectivity index (χ1v) is 6.36. The van der Waals surface area contributed by atoms with Gasteiger partial charge in [0.1, 0.15) is 0 Å². The van der Waals surface area contributed by atoms with Crippen LogP contribution in [0.2, 0.25) is 0 Å². The fourth-order valence-electron chi connectivity index (χ4n) is 2.54. The van der Waals surface area contributed by atoms with Gasteiger partial charge >= 0.3 is 0 Å². The van der Waals surface area contributed by atoms with Crippen LogP contribution in [0.5, 0.6) is 0 Å². The van der Waals surface area contributed by atoms with Gasteiger partial charge in [0.25, 0.3) is 0 Å². The van der Waals surface area contributed by atoms with Crippen LogP contribution in [-0.4, -0.2) is 40.0 Å². The zero-order valence-electron chi connectivity index (χ0n) is 9.65. The van der Waals surface area contributed by atoms with Gasteiger partial charge in [-0.15, -0.1) is 0 Å². The van der Waals surface area contributed by atoms with Crippen LogP contribution in [0.1, 0.15) is 31.4 Å². The Morgan fingerprint density at radius 3 is 2.75 bits per heavy atom. The van der Waals surface area contributed by atoms with Gasteiger partial charge in [-0.2, -0.15) is 0 Å². The molecule has 88 valence electrons. The number of nitrogens with zero attached hydrogens (tertiary/aromatic N) is 2. The second-order valence-corrected chi connectivity index (χ2v) is 5.00. The van der Waals surface area contributed by atoms with Gasteiger partial charge in [0.15, 0.2) is 0 Å². The zero-order valence-corrected chi connectivity index (χ0v) is 9.65. The smallest absolute Gasteiger partial charge is 0.0922 e. The molecule has 4 heteroatoms. The van der Waals surface area contributed by atoms with Crippen LogP contribution >= 0.6 is 0 Å². The number of imidazole rings is 1. The molecule has 2 N–H and O–H groups in total. The minimum Gasteiger partial charge on any atom is -0.347 e. The molecule has 0 unspecified atom stereocenters. The molecule has 1 saturated carbocycles. The SMILES string of the molecule is c1ncc(CNC2CCN(C3CC3)CC2)[nH]1. The van der Waals surface area contributed by atoms with Gasteiger partial charge in [0.05, 0.1) is 6.33 Å². The van der Waals surface area contributed by atoms with E-state index in [9.17, 15) is 0 Å². The maximum atomic E-state index is 4.03. The molecule has 0 spiro atoms. The standard InChI is InChI=1S/C12H20N4/c1-2-12(1)16-5-3-10(4-6-16)14-8-11-7-13-9-15-11/h7,9-10,12,14H,1-6,8H2,(H,13,15). The third kappa shape index (κ3) is 2.44. The number of H-pyrrole nitrogens is 1. The zero-order chi connectivity index (χ0) is 10.8. The van der Waals surface area contributed by atoms with Crippen LogP contribution in [0.3, 0.4) is 0 Å². The number of hydrogen-bond donors (Lipinski definition) is 2. The van der Waals surface area contributed by atoms with Crippen LogP contribution < -0.4 is 5.32 Å². The molecule has 2 fully saturated rings. The molecule has 1 aromatic heterocycles. The van der Waals surface area contributed by atoms with Crippen LogP contribution in [0.15, 0.2) is 12.5 Å². The lowest BCUT2D eigenvalue weighted by molar-refractivity contribution is 0.189. The van der Waals surface area contributed by atoms with E-state index in [0.717, 1.165) is 12.6 Å². The summed E-state index contributed by atoms with van der Waals surface area (Å²) >= 11 is 0. The average molecular weight is 220 g/mol. The average Bonchev–Trinajstić information content (AvgIpc) is 3.05. The van der Waals surface area contributed by atoms with Gasteiger partial charge in [-0.05, 0) is 38.8 Å². The highest BCUT2D eigenvalue weighted by atomic mass is 15.2. The van der Waals surface area contributed by atoms with Crippen molar-refractivity contribution in [2.75, 3.05) is 13.1 Å². The molecular weight excluding hydrogens is 200 g/mol. The fourth-order valence-corrected chi connectivity index (χ4v) is 2.54. The highest BCUT2D eigenvalue weighted by Crippen LogP contribution is 2.29. The lowest BCUT2D eigenvalue weighted by Crippen LogP contribution is -2.43. The van der Waals surface area contributed by atoms with Crippen molar-refractivity contribution in [3.63, 3.8) is 0 Å². The Hall–Kier alpha value is -0.870. The number of aromatic nitrogens is 2. The van der Waals surface area contributed by atoms with E-state index in [2.05, 4.69) is 20.2 Å². The summed E-state index contributed by atoms with van der Waals surface area (Å²) in [7, 11) is 0. The van der Waals surface area contributed by atoms with Crippen molar-refractivity contribution in [3.8, 4) is 0 Å². The molecule has 1 saturated heterocycles. The second-order valence-electron chi connectivity index (χ2n) is 5.00. The Morgan fingerprint density at radius 1 is 1.31 bits per heavy atom. The molecule has 0 amide bonds. The molecule has 2 aliphatic rings. The maximum absolute atomic E-state index is 4.03. The molecule has 0 aromatic carbocycles. The minimum absolute atomic E-state index is 0.693. The van der Waals surface area contributed by atoms with Crippen LogP contribution in [0.25, 0.3) is 0 Å². The molecule has 1 aliphatic carbocycles. The van der Waals surface area contributed by atoms with E-state index in [1.54, 1.807) is 6.33 Å². The predicted molar refractivity (Wildman–Crippen MR) is 63.0 cm³/mol. The summed E-state index contributed by atoms with van der Waals surface area (Å²) in [6.45, 7) is 3.49. The summed E-state index contributed by atoms with van der Waals surface area (Å²) in [6, 6.07) is 1.63. The third-order valence-corrected chi connectivity index (χ3v) is 3.73. The number of piperidine rings is 1. The van der Waals surface area contributed by atoms with Crippen molar-refractivity contribution < 1.29 is 0 Å². The van der Waals surface area contributed by atoms with E-state index in [-0.39, 0.29) is 0 Å². The van der Waals surface area contributed by atoms with Crippen molar-refractivity contribution >= 4 is 0 Å². The molecule has 0 atom stereocenters. The van der Waals surface area contributed by atoms with E-state index in [4.69, 9.17) is 0 Å². The second kappa shape index (κ2) is 4.55. The number of rotatable bonds is 4. The fraction of sp³-hybridized carbons (Fsp3) is 0.750. The van der Waals surface area contributed by atoms with Crippen molar-refractivity contribution in [3.05, 3.63) is 18.2 Å². The Labute approximate surface area is 96.4 Å². The molecule has 1 aromatic rings. The summed E-state index contributed by atoms with van der Waals surface area (Å²) in [4.78, 5) is 9.82. The van der Waals surface area contributed by atoms with Crippen LogP contribution in [0.4, 0.5) is 0 Å². The van der Waals surface area contributed by atoms with Gasteiger partial charge in [-0.1, -0.05) is 0 Å². The topological polar surface area (TPSA) is 44.0 Å². The van der Waals surface area contributed by atoms with Crippen molar-refractivity contribution in [1.82, 2.24) is 20.2 Å². The van der Waals surface area contributed by atoms with Crippen molar-refractivity contribution in [1.29, 1.82) is 0 Å². The van der Waals surface area contributed by atoms with Gasteiger partial charge in [0, 0.05) is 30.5 Å². The molecule has 4 nitrogen and oxygen atoms in total. The molecule has 0 bridgehead atoms. The summed E-state index contributed by atoms with van der Waals surface area (Å²) in [5.74, 6) is 0.